The molecule has 0 atom stereocenters. The number of hydrogen-bond donors (Lipinski definition) is 1. The molecule has 0 unspecified atom stereocenters. The molecule has 1 aromatic carbocycles. The molecule has 0 aliphatic heterocycles. The average Bonchev–Trinajstić information content (AvgIpc) is 2.75. The van der Waals surface area contributed by atoms with E-state index in [1.807, 2.05) is 18.2 Å². The van der Waals surface area contributed by atoms with Crippen LogP contribution < -0.4 is 20.8 Å². The topological polar surface area (TPSA) is 66.5 Å². The summed E-state index contributed by atoms with van der Waals surface area (Å²) in [5.74, 6) is 0.824. The lowest BCUT2D eigenvalue weighted by molar-refractivity contribution is 0.274. The molecule has 0 aliphatic rings. The average molecular weight is 441 g/mol. The second-order valence-electron chi connectivity index (χ2n) is 8.63. The van der Waals surface area contributed by atoms with E-state index in [9.17, 15) is 4.79 Å². The molecular weight excluding hydrogens is 400 g/mol. The predicted octanol–water partition coefficient (Wildman–Crippen LogP) is 6.63. The maximum atomic E-state index is 13.4. The Balaban J connectivity index is 2.43. The van der Waals surface area contributed by atoms with E-state index in [0.29, 0.717) is 36.9 Å². The van der Waals surface area contributed by atoms with Crippen molar-refractivity contribution in [1.29, 1.82) is 0 Å². The number of aryl methyl sites for hydroxylation is 1. The minimum Gasteiger partial charge on any atom is -0.485 e. The zero-order valence-corrected chi connectivity index (χ0v) is 20.5. The van der Waals surface area contributed by atoms with E-state index in [0.717, 1.165) is 49.4 Å². The van der Waals surface area contributed by atoms with Crippen LogP contribution in [0.15, 0.2) is 46.3 Å². The molecule has 32 heavy (non-hydrogen) atoms. The number of hydrogen-bond acceptors (Lipinski definition) is 4. The lowest BCUT2D eigenvalue weighted by atomic mass is 10.1. The number of nitrogen functional groups attached to an aromatic ring is 1. The van der Waals surface area contributed by atoms with Crippen LogP contribution in [0, 0.1) is 0 Å². The molecule has 0 bridgehead atoms. The molecule has 0 radical (unpaired) electrons. The Hall–Kier alpha value is -2.69. The molecule has 2 aromatic rings. The van der Waals surface area contributed by atoms with Crippen molar-refractivity contribution >= 4 is 16.6 Å². The van der Waals surface area contributed by atoms with Gasteiger partial charge >= 0.3 is 0 Å². The van der Waals surface area contributed by atoms with Crippen molar-refractivity contribution < 1.29 is 9.47 Å². The first-order valence-electron chi connectivity index (χ1n) is 11.9. The highest BCUT2D eigenvalue weighted by atomic mass is 16.5. The summed E-state index contributed by atoms with van der Waals surface area (Å²) in [6, 6.07) is 5.63. The maximum absolute atomic E-state index is 13.4. The lowest BCUT2D eigenvalue weighted by Gasteiger charge is -2.18. The van der Waals surface area contributed by atoms with E-state index in [1.54, 1.807) is 4.57 Å². The molecule has 0 saturated carbocycles. The molecular formula is C27H40N2O3. The van der Waals surface area contributed by atoms with Crippen molar-refractivity contribution in [3.63, 3.8) is 0 Å². The largest absolute Gasteiger partial charge is 0.485 e. The van der Waals surface area contributed by atoms with E-state index in [-0.39, 0.29) is 5.56 Å². The van der Waals surface area contributed by atoms with Gasteiger partial charge in [-0.05, 0) is 70.7 Å². The minimum atomic E-state index is -0.146. The van der Waals surface area contributed by atoms with E-state index in [2.05, 4.69) is 46.8 Å². The smallest absolute Gasteiger partial charge is 0.297 e. The van der Waals surface area contributed by atoms with Gasteiger partial charge in [0.1, 0.15) is 6.61 Å². The zero-order valence-electron chi connectivity index (χ0n) is 20.5. The summed E-state index contributed by atoms with van der Waals surface area (Å²) in [5.41, 5.74) is 9.94. The van der Waals surface area contributed by atoms with Crippen molar-refractivity contribution in [1.82, 2.24) is 4.57 Å². The molecule has 0 amide bonds. The van der Waals surface area contributed by atoms with E-state index < -0.39 is 0 Å². The van der Waals surface area contributed by atoms with Gasteiger partial charge in [0, 0.05) is 17.6 Å². The number of benzene rings is 1. The zero-order chi connectivity index (χ0) is 23.5. The second-order valence-corrected chi connectivity index (χ2v) is 8.63. The third kappa shape index (κ3) is 7.18. The first-order valence-corrected chi connectivity index (χ1v) is 11.9. The van der Waals surface area contributed by atoms with Gasteiger partial charge in [0.25, 0.3) is 5.56 Å². The van der Waals surface area contributed by atoms with Crippen LogP contribution in [0.2, 0.25) is 0 Å². The number of unbranched alkanes of at least 4 members (excludes halogenated alkanes) is 2. The van der Waals surface area contributed by atoms with Gasteiger partial charge in [0.05, 0.1) is 12.1 Å². The Bertz CT molecular complexity index is 998. The van der Waals surface area contributed by atoms with Gasteiger partial charge in [-0.25, -0.2) is 0 Å². The maximum Gasteiger partial charge on any atom is 0.297 e. The predicted molar refractivity (Wildman–Crippen MR) is 136 cm³/mol. The third-order valence-electron chi connectivity index (χ3n) is 5.43. The van der Waals surface area contributed by atoms with Gasteiger partial charge < -0.3 is 19.8 Å². The van der Waals surface area contributed by atoms with Crippen LogP contribution in [0.5, 0.6) is 11.5 Å². The van der Waals surface area contributed by atoms with E-state index in [4.69, 9.17) is 15.2 Å². The fourth-order valence-electron chi connectivity index (χ4n) is 3.50. The third-order valence-corrected chi connectivity index (χ3v) is 5.43. The monoisotopic (exact) mass is 440 g/mol. The lowest BCUT2D eigenvalue weighted by Crippen LogP contribution is -2.24. The van der Waals surface area contributed by atoms with Gasteiger partial charge in [0.2, 0.25) is 5.75 Å². The molecule has 2 rings (SSSR count). The van der Waals surface area contributed by atoms with Crippen LogP contribution >= 0.6 is 0 Å². The summed E-state index contributed by atoms with van der Waals surface area (Å²) in [6.07, 6.45) is 10.1. The number of anilines is 1. The molecule has 5 heteroatoms. The van der Waals surface area contributed by atoms with Crippen molar-refractivity contribution in [2.45, 2.75) is 79.7 Å². The fraction of sp³-hybridized carbons (Fsp3) is 0.519. The molecule has 1 aromatic heterocycles. The van der Waals surface area contributed by atoms with Crippen LogP contribution in [0.1, 0.15) is 73.1 Å². The SMILES string of the molecule is CCCCOc1c(OC/C=C(\C)CCC=C(C)C)c2ccc(N)cc2n(CCCC)c1=O. The first-order chi connectivity index (χ1) is 15.4. The summed E-state index contributed by atoms with van der Waals surface area (Å²) in [4.78, 5) is 13.4. The number of allylic oxidation sites excluding steroid dienone is 3. The Morgan fingerprint density at radius 3 is 2.47 bits per heavy atom. The summed E-state index contributed by atoms with van der Waals surface area (Å²) in [6.45, 7) is 12.1. The second kappa shape index (κ2) is 13.0. The number of nitrogens with two attached hydrogens (primary N) is 1. The summed E-state index contributed by atoms with van der Waals surface area (Å²) < 4.78 is 14.0. The highest BCUT2D eigenvalue weighted by Gasteiger charge is 2.19. The molecule has 0 saturated heterocycles. The number of rotatable bonds is 13. The molecule has 2 N–H and O–H groups in total. The first kappa shape index (κ1) is 25.6. The van der Waals surface area contributed by atoms with Crippen LogP contribution in [0.25, 0.3) is 10.9 Å². The van der Waals surface area contributed by atoms with Gasteiger partial charge in [-0.1, -0.05) is 43.9 Å². The number of ether oxygens (including phenoxy) is 2. The molecule has 1 heterocycles. The number of fused-ring (bicyclic) bond motifs is 1. The summed E-state index contributed by atoms with van der Waals surface area (Å²) in [7, 11) is 0. The molecule has 176 valence electrons. The molecule has 0 spiro atoms. The fourth-order valence-corrected chi connectivity index (χ4v) is 3.50. The normalized spacial score (nSPS) is 11.6. The number of nitrogens with zero attached hydrogens (tertiary/aromatic N) is 1. The minimum absolute atomic E-state index is 0.146. The highest BCUT2D eigenvalue weighted by molar-refractivity contribution is 5.90. The van der Waals surface area contributed by atoms with Crippen molar-refractivity contribution in [2.24, 2.45) is 0 Å². The Labute approximate surface area is 192 Å². The summed E-state index contributed by atoms with van der Waals surface area (Å²) in [5, 5.41) is 0.858. The van der Waals surface area contributed by atoms with Crippen molar-refractivity contribution in [2.75, 3.05) is 18.9 Å². The van der Waals surface area contributed by atoms with Gasteiger partial charge in [-0.3, -0.25) is 4.79 Å². The van der Waals surface area contributed by atoms with Gasteiger partial charge in [0.15, 0.2) is 5.75 Å². The van der Waals surface area contributed by atoms with Crippen LogP contribution in [-0.4, -0.2) is 17.8 Å². The Morgan fingerprint density at radius 1 is 1.03 bits per heavy atom. The van der Waals surface area contributed by atoms with Crippen molar-refractivity contribution in [3.05, 3.63) is 51.9 Å². The van der Waals surface area contributed by atoms with Gasteiger partial charge in [-0.15, -0.1) is 0 Å². The molecule has 0 fully saturated rings. The van der Waals surface area contributed by atoms with Crippen molar-refractivity contribution in [3.8, 4) is 11.5 Å². The van der Waals surface area contributed by atoms with Crippen LogP contribution in [0.3, 0.4) is 0 Å². The highest BCUT2D eigenvalue weighted by Crippen LogP contribution is 2.34. The number of pyridine rings is 1. The standard InChI is InChI=1S/C27H40N2O3/c1-6-8-16-29-24-19-22(28)13-14-23(24)25(26(27(29)30)31-17-9-7-2)32-18-15-21(5)12-10-11-20(3)4/h11,13-15,19H,6-10,12,16-18,28H2,1-5H3/b21-15+. The van der Waals surface area contributed by atoms with E-state index in [1.165, 1.54) is 11.1 Å². The molecule has 0 aliphatic carbocycles. The Kier molecular flexibility index (Phi) is 10.4. The van der Waals surface area contributed by atoms with Crippen LogP contribution in [0.4, 0.5) is 5.69 Å². The van der Waals surface area contributed by atoms with E-state index >= 15 is 0 Å². The van der Waals surface area contributed by atoms with Gasteiger partial charge in [-0.2, -0.15) is 0 Å². The van der Waals surface area contributed by atoms with Crippen LogP contribution in [-0.2, 0) is 6.54 Å². The summed E-state index contributed by atoms with van der Waals surface area (Å²) >= 11 is 0. The molecule has 5 nitrogen and oxygen atoms in total. The number of aromatic nitrogens is 1. The Morgan fingerprint density at radius 2 is 1.78 bits per heavy atom. The quantitative estimate of drug-likeness (QED) is 0.215.